The zero-order valence-electron chi connectivity index (χ0n) is 17.5. The van der Waals surface area contributed by atoms with Gasteiger partial charge in [-0.15, -0.1) is 0 Å². The third-order valence-electron chi connectivity index (χ3n) is 4.21. The summed E-state index contributed by atoms with van der Waals surface area (Å²) in [6.07, 6.45) is 0.796. The number of aliphatic imine (C=N–C) groups is 1. The Morgan fingerprint density at radius 3 is 2.28 bits per heavy atom. The fraction of sp³-hybridized carbons (Fsp3) is 0.409. The molecule has 0 bridgehead atoms. The summed E-state index contributed by atoms with van der Waals surface area (Å²) in [6, 6.07) is 10.9. The Kier molecular flexibility index (Phi) is 9.08. The standard InChI is InChI=1S/C22H30FN3O3/c1-5-28-20-10-7-16(14-21(20)29-6-2)11-12-25-22(24-3)26-15-17-8-9-19(27-4)18(23)13-17/h7-10,13-14H,5-6,11-12,15H2,1-4H3,(H2,24,25,26). The van der Waals surface area contributed by atoms with Crippen molar-refractivity contribution in [1.29, 1.82) is 0 Å². The molecule has 6 nitrogen and oxygen atoms in total. The van der Waals surface area contributed by atoms with Crippen LogP contribution in [0.4, 0.5) is 4.39 Å². The highest BCUT2D eigenvalue weighted by Gasteiger charge is 2.07. The highest BCUT2D eigenvalue weighted by molar-refractivity contribution is 5.79. The van der Waals surface area contributed by atoms with E-state index in [2.05, 4.69) is 15.6 Å². The lowest BCUT2D eigenvalue weighted by molar-refractivity contribution is 0.287. The second kappa shape index (κ2) is 11.8. The van der Waals surface area contributed by atoms with Crippen molar-refractivity contribution in [2.75, 3.05) is 33.9 Å². The molecule has 0 atom stereocenters. The van der Waals surface area contributed by atoms with E-state index in [0.29, 0.717) is 32.3 Å². The first-order valence-corrected chi connectivity index (χ1v) is 9.76. The number of rotatable bonds is 10. The first-order valence-electron chi connectivity index (χ1n) is 9.76. The minimum absolute atomic E-state index is 0.234. The molecule has 0 spiro atoms. The number of hydrogen-bond donors (Lipinski definition) is 2. The van der Waals surface area contributed by atoms with Gasteiger partial charge in [-0.3, -0.25) is 4.99 Å². The third-order valence-corrected chi connectivity index (χ3v) is 4.21. The topological polar surface area (TPSA) is 64.1 Å². The first kappa shape index (κ1) is 22.3. The first-order chi connectivity index (χ1) is 14.1. The lowest BCUT2D eigenvalue weighted by Crippen LogP contribution is -2.37. The maximum Gasteiger partial charge on any atom is 0.191 e. The fourth-order valence-corrected chi connectivity index (χ4v) is 2.80. The van der Waals surface area contributed by atoms with E-state index in [1.807, 2.05) is 38.1 Å². The Hall–Kier alpha value is -2.96. The molecule has 158 valence electrons. The molecule has 7 heteroatoms. The molecule has 0 radical (unpaired) electrons. The van der Waals surface area contributed by atoms with Crippen molar-refractivity contribution in [2.24, 2.45) is 4.99 Å². The van der Waals surface area contributed by atoms with E-state index in [4.69, 9.17) is 14.2 Å². The summed E-state index contributed by atoms with van der Waals surface area (Å²) in [7, 11) is 3.15. The number of halogens is 1. The van der Waals surface area contributed by atoms with E-state index < -0.39 is 0 Å². The van der Waals surface area contributed by atoms with Crippen molar-refractivity contribution in [1.82, 2.24) is 10.6 Å². The van der Waals surface area contributed by atoms with Crippen molar-refractivity contribution in [3.63, 3.8) is 0 Å². The summed E-state index contributed by atoms with van der Waals surface area (Å²) in [5.41, 5.74) is 1.94. The van der Waals surface area contributed by atoms with Crippen LogP contribution in [0.5, 0.6) is 17.2 Å². The fourth-order valence-electron chi connectivity index (χ4n) is 2.80. The van der Waals surface area contributed by atoms with Crippen molar-refractivity contribution < 1.29 is 18.6 Å². The molecule has 0 aliphatic carbocycles. The number of methoxy groups -OCH3 is 1. The van der Waals surface area contributed by atoms with Gasteiger partial charge in [-0.25, -0.2) is 4.39 Å². The number of hydrogen-bond acceptors (Lipinski definition) is 4. The van der Waals surface area contributed by atoms with Crippen LogP contribution in [-0.2, 0) is 13.0 Å². The Morgan fingerprint density at radius 1 is 0.931 bits per heavy atom. The molecular formula is C22H30FN3O3. The van der Waals surface area contributed by atoms with E-state index in [0.717, 1.165) is 29.0 Å². The predicted octanol–water partition coefficient (Wildman–Crippen LogP) is 3.54. The molecule has 0 aliphatic rings. The maximum absolute atomic E-state index is 13.8. The SMILES string of the molecule is CCOc1ccc(CCNC(=NC)NCc2ccc(OC)c(F)c2)cc1OCC. The number of guanidine groups is 1. The van der Waals surface area contributed by atoms with Crippen molar-refractivity contribution in [2.45, 2.75) is 26.8 Å². The molecule has 2 N–H and O–H groups in total. The van der Waals surface area contributed by atoms with Crippen LogP contribution < -0.4 is 24.8 Å². The summed E-state index contributed by atoms with van der Waals surface area (Å²) in [5, 5.41) is 6.45. The van der Waals surface area contributed by atoms with Crippen molar-refractivity contribution in [3.05, 3.63) is 53.3 Å². The lowest BCUT2D eigenvalue weighted by Gasteiger charge is -2.14. The van der Waals surface area contributed by atoms with Crippen LogP contribution in [0.25, 0.3) is 0 Å². The van der Waals surface area contributed by atoms with E-state index in [-0.39, 0.29) is 11.6 Å². The van der Waals surface area contributed by atoms with Crippen LogP contribution in [0.1, 0.15) is 25.0 Å². The molecule has 0 fully saturated rings. The van der Waals surface area contributed by atoms with E-state index >= 15 is 0 Å². The molecular weight excluding hydrogens is 373 g/mol. The molecule has 0 unspecified atom stereocenters. The maximum atomic E-state index is 13.8. The molecule has 2 aromatic rings. The van der Waals surface area contributed by atoms with Gasteiger partial charge in [-0.1, -0.05) is 12.1 Å². The largest absolute Gasteiger partial charge is 0.494 e. The summed E-state index contributed by atoms with van der Waals surface area (Å²) in [6.45, 7) is 6.24. The van der Waals surface area contributed by atoms with Gasteiger partial charge < -0.3 is 24.8 Å². The molecule has 0 heterocycles. The second-order valence-corrected chi connectivity index (χ2v) is 6.22. The molecule has 2 aromatic carbocycles. The normalized spacial score (nSPS) is 11.1. The van der Waals surface area contributed by atoms with E-state index in [1.165, 1.54) is 13.2 Å². The van der Waals surface area contributed by atoms with Gasteiger partial charge in [0.1, 0.15) is 0 Å². The monoisotopic (exact) mass is 403 g/mol. The zero-order chi connectivity index (χ0) is 21.1. The molecule has 29 heavy (non-hydrogen) atoms. The number of ether oxygens (including phenoxy) is 3. The van der Waals surface area contributed by atoms with Gasteiger partial charge in [0.25, 0.3) is 0 Å². The average molecular weight is 403 g/mol. The van der Waals surface area contributed by atoms with Crippen LogP contribution in [-0.4, -0.2) is 39.9 Å². The summed E-state index contributed by atoms with van der Waals surface area (Å²) < 4.78 is 30.0. The highest BCUT2D eigenvalue weighted by atomic mass is 19.1. The summed E-state index contributed by atoms with van der Waals surface area (Å²) in [4.78, 5) is 4.21. The summed E-state index contributed by atoms with van der Waals surface area (Å²) >= 11 is 0. The minimum atomic E-state index is -0.379. The Labute approximate surface area is 172 Å². The van der Waals surface area contributed by atoms with Gasteiger partial charge in [-0.2, -0.15) is 0 Å². The Bertz CT molecular complexity index is 812. The van der Waals surface area contributed by atoms with E-state index in [9.17, 15) is 4.39 Å². The second-order valence-electron chi connectivity index (χ2n) is 6.22. The van der Waals surface area contributed by atoms with Gasteiger partial charge in [0.15, 0.2) is 29.0 Å². The lowest BCUT2D eigenvalue weighted by atomic mass is 10.1. The molecule has 2 rings (SSSR count). The van der Waals surface area contributed by atoms with Crippen LogP contribution in [0.3, 0.4) is 0 Å². The van der Waals surface area contributed by atoms with Gasteiger partial charge in [0.05, 0.1) is 20.3 Å². The van der Waals surface area contributed by atoms with Crippen LogP contribution in [0.2, 0.25) is 0 Å². The molecule has 0 aliphatic heterocycles. The third kappa shape index (κ3) is 6.85. The van der Waals surface area contributed by atoms with Crippen LogP contribution in [0.15, 0.2) is 41.4 Å². The smallest absolute Gasteiger partial charge is 0.191 e. The van der Waals surface area contributed by atoms with Gasteiger partial charge >= 0.3 is 0 Å². The van der Waals surface area contributed by atoms with E-state index in [1.54, 1.807) is 13.1 Å². The molecule has 0 amide bonds. The zero-order valence-corrected chi connectivity index (χ0v) is 17.5. The van der Waals surface area contributed by atoms with Crippen molar-refractivity contribution >= 4 is 5.96 Å². The number of benzene rings is 2. The average Bonchev–Trinajstić information content (AvgIpc) is 2.72. The van der Waals surface area contributed by atoms with Gasteiger partial charge in [0.2, 0.25) is 0 Å². The van der Waals surface area contributed by atoms with Crippen LogP contribution >= 0.6 is 0 Å². The Morgan fingerprint density at radius 2 is 1.62 bits per heavy atom. The molecule has 0 saturated carbocycles. The molecule has 0 saturated heterocycles. The van der Waals surface area contributed by atoms with Gasteiger partial charge in [0, 0.05) is 20.1 Å². The molecule has 0 aromatic heterocycles. The highest BCUT2D eigenvalue weighted by Crippen LogP contribution is 2.28. The minimum Gasteiger partial charge on any atom is -0.494 e. The predicted molar refractivity (Wildman–Crippen MR) is 114 cm³/mol. The van der Waals surface area contributed by atoms with Gasteiger partial charge in [-0.05, 0) is 55.7 Å². The van der Waals surface area contributed by atoms with Crippen molar-refractivity contribution in [3.8, 4) is 17.2 Å². The quantitative estimate of drug-likeness (QED) is 0.469. The summed E-state index contributed by atoms with van der Waals surface area (Å²) in [5.74, 6) is 2.02. The Balaban J connectivity index is 1.86. The number of nitrogens with one attached hydrogen (secondary N) is 2. The van der Waals surface area contributed by atoms with Crippen LogP contribution in [0, 0.1) is 5.82 Å². The number of nitrogens with zero attached hydrogens (tertiary/aromatic N) is 1.